The molecule has 21 heavy (non-hydrogen) atoms. The quantitative estimate of drug-likeness (QED) is 0.884. The number of halogens is 3. The van der Waals surface area contributed by atoms with E-state index in [2.05, 4.69) is 0 Å². The van der Waals surface area contributed by atoms with Crippen LogP contribution < -0.4 is 5.73 Å². The van der Waals surface area contributed by atoms with Gasteiger partial charge in [-0.3, -0.25) is 0 Å². The zero-order valence-electron chi connectivity index (χ0n) is 12.8. The van der Waals surface area contributed by atoms with Crippen LogP contribution in [0.2, 0.25) is 0 Å². The van der Waals surface area contributed by atoms with Gasteiger partial charge < -0.3 is 10.5 Å². The summed E-state index contributed by atoms with van der Waals surface area (Å²) in [5.74, 6) is -0.170. The Labute approximate surface area is 123 Å². The predicted octanol–water partition coefficient (Wildman–Crippen LogP) is 4.30. The van der Waals surface area contributed by atoms with E-state index in [1.807, 2.05) is 27.7 Å². The molecule has 2 unspecified atom stereocenters. The Bertz CT molecular complexity index is 522. The highest BCUT2D eigenvalue weighted by Crippen LogP contribution is 2.48. The molecule has 1 fully saturated rings. The number of nitrogens with two attached hydrogens (primary N) is 1. The zero-order valence-corrected chi connectivity index (χ0v) is 12.8. The normalized spacial score (nSPS) is 25.8. The van der Waals surface area contributed by atoms with E-state index in [-0.39, 0.29) is 17.1 Å². The summed E-state index contributed by atoms with van der Waals surface area (Å²) in [7, 11) is 0. The van der Waals surface area contributed by atoms with E-state index in [0.717, 1.165) is 6.07 Å². The topological polar surface area (TPSA) is 35.2 Å². The summed E-state index contributed by atoms with van der Waals surface area (Å²) in [4.78, 5) is 0. The molecule has 1 aliphatic rings. The van der Waals surface area contributed by atoms with E-state index >= 15 is 0 Å². The van der Waals surface area contributed by atoms with Gasteiger partial charge in [-0.2, -0.15) is 13.2 Å². The highest BCUT2D eigenvalue weighted by molar-refractivity contribution is 5.33. The molecule has 0 amide bonds. The second kappa shape index (κ2) is 4.99. The molecule has 2 N–H and O–H groups in total. The monoisotopic (exact) mass is 301 g/mol. The molecular formula is C16H22F3NO. The molecule has 5 heteroatoms. The van der Waals surface area contributed by atoms with Crippen molar-refractivity contribution in [3.8, 4) is 0 Å². The summed E-state index contributed by atoms with van der Waals surface area (Å²) >= 11 is 0. The molecule has 0 aromatic heterocycles. The standard InChI is InChI=1S/C16H22F3NO/c1-14(2)9-12(15(3,4)21-14)13(20)10-7-5-6-8-11(10)16(17,18)19/h5-8,12-13H,9,20H2,1-4H3. The smallest absolute Gasteiger partial charge is 0.369 e. The molecule has 0 radical (unpaired) electrons. The lowest BCUT2D eigenvalue weighted by atomic mass is 9.78. The molecule has 2 rings (SSSR count). The van der Waals surface area contributed by atoms with Gasteiger partial charge in [0.1, 0.15) is 0 Å². The first-order chi connectivity index (χ1) is 9.44. The number of rotatable bonds is 2. The fourth-order valence-corrected chi connectivity index (χ4v) is 3.43. The minimum Gasteiger partial charge on any atom is -0.369 e. The van der Waals surface area contributed by atoms with Crippen molar-refractivity contribution in [3.05, 3.63) is 35.4 Å². The average molecular weight is 301 g/mol. The van der Waals surface area contributed by atoms with Crippen LogP contribution in [-0.4, -0.2) is 11.2 Å². The maximum Gasteiger partial charge on any atom is 0.416 e. The summed E-state index contributed by atoms with van der Waals surface area (Å²) in [6, 6.07) is 4.83. The van der Waals surface area contributed by atoms with E-state index in [1.165, 1.54) is 12.1 Å². The predicted molar refractivity (Wildman–Crippen MR) is 75.7 cm³/mol. The summed E-state index contributed by atoms with van der Waals surface area (Å²) in [6.07, 6.45) is -3.76. The Balaban J connectivity index is 2.40. The number of ether oxygens (including phenoxy) is 1. The van der Waals surface area contributed by atoms with E-state index in [0.29, 0.717) is 6.42 Å². The fraction of sp³-hybridized carbons (Fsp3) is 0.625. The second-order valence-corrected chi connectivity index (χ2v) is 6.89. The number of benzene rings is 1. The van der Waals surface area contributed by atoms with Gasteiger partial charge in [0.15, 0.2) is 0 Å². The first-order valence-electron chi connectivity index (χ1n) is 7.06. The Kier molecular flexibility index (Phi) is 3.87. The van der Waals surface area contributed by atoms with Crippen molar-refractivity contribution in [2.45, 2.75) is 57.5 Å². The van der Waals surface area contributed by atoms with Gasteiger partial charge in [-0.15, -0.1) is 0 Å². The summed E-state index contributed by atoms with van der Waals surface area (Å²) < 4.78 is 45.4. The van der Waals surface area contributed by atoms with E-state index in [9.17, 15) is 13.2 Å². The van der Waals surface area contributed by atoms with Crippen molar-refractivity contribution >= 4 is 0 Å². The minimum atomic E-state index is -4.40. The number of alkyl halides is 3. The molecule has 1 aromatic rings. The van der Waals surface area contributed by atoms with Gasteiger partial charge in [-0.05, 0) is 45.7 Å². The van der Waals surface area contributed by atoms with Gasteiger partial charge >= 0.3 is 6.18 Å². The van der Waals surface area contributed by atoms with Crippen LogP contribution in [0.4, 0.5) is 13.2 Å². The second-order valence-electron chi connectivity index (χ2n) is 6.89. The zero-order chi connectivity index (χ0) is 16.1. The van der Waals surface area contributed by atoms with E-state index < -0.39 is 23.4 Å². The van der Waals surface area contributed by atoms with Crippen LogP contribution in [0, 0.1) is 5.92 Å². The lowest BCUT2D eigenvalue weighted by Crippen LogP contribution is -2.36. The van der Waals surface area contributed by atoms with E-state index in [1.54, 1.807) is 6.07 Å². The molecule has 2 atom stereocenters. The third kappa shape index (κ3) is 3.24. The van der Waals surface area contributed by atoms with Crippen LogP contribution in [0.5, 0.6) is 0 Å². The largest absolute Gasteiger partial charge is 0.416 e. The molecule has 118 valence electrons. The van der Waals surface area contributed by atoms with Crippen LogP contribution in [0.15, 0.2) is 24.3 Å². The molecular weight excluding hydrogens is 279 g/mol. The molecule has 1 saturated heterocycles. The Morgan fingerprint density at radius 2 is 1.76 bits per heavy atom. The van der Waals surface area contributed by atoms with Crippen molar-refractivity contribution in [2.24, 2.45) is 11.7 Å². The van der Waals surface area contributed by atoms with Crippen LogP contribution >= 0.6 is 0 Å². The number of hydrogen-bond donors (Lipinski definition) is 1. The van der Waals surface area contributed by atoms with Crippen molar-refractivity contribution in [2.75, 3.05) is 0 Å². The summed E-state index contributed by atoms with van der Waals surface area (Å²) in [5.41, 5.74) is 4.77. The van der Waals surface area contributed by atoms with Crippen LogP contribution in [-0.2, 0) is 10.9 Å². The average Bonchev–Trinajstić information content (AvgIpc) is 2.55. The molecule has 1 heterocycles. The highest BCUT2D eigenvalue weighted by Gasteiger charge is 2.49. The number of hydrogen-bond acceptors (Lipinski definition) is 2. The molecule has 0 spiro atoms. The van der Waals surface area contributed by atoms with Crippen molar-refractivity contribution in [3.63, 3.8) is 0 Å². The van der Waals surface area contributed by atoms with Crippen molar-refractivity contribution in [1.82, 2.24) is 0 Å². The molecule has 2 nitrogen and oxygen atoms in total. The lowest BCUT2D eigenvalue weighted by molar-refractivity contribution is -0.138. The third-order valence-electron chi connectivity index (χ3n) is 4.20. The SMILES string of the molecule is CC1(C)CC(C(N)c2ccccc2C(F)(F)F)C(C)(C)O1. The fourth-order valence-electron chi connectivity index (χ4n) is 3.43. The van der Waals surface area contributed by atoms with Crippen LogP contribution in [0.1, 0.15) is 51.3 Å². The van der Waals surface area contributed by atoms with Gasteiger partial charge in [-0.25, -0.2) is 0 Å². The maximum absolute atomic E-state index is 13.2. The molecule has 1 aromatic carbocycles. The van der Waals surface area contributed by atoms with Crippen molar-refractivity contribution in [1.29, 1.82) is 0 Å². The summed E-state index contributed by atoms with van der Waals surface area (Å²) in [5, 5.41) is 0. The van der Waals surface area contributed by atoms with Gasteiger partial charge in [0.05, 0.1) is 16.8 Å². The first-order valence-corrected chi connectivity index (χ1v) is 7.06. The minimum absolute atomic E-state index is 0.143. The maximum atomic E-state index is 13.2. The highest BCUT2D eigenvalue weighted by atomic mass is 19.4. The van der Waals surface area contributed by atoms with Crippen LogP contribution in [0.25, 0.3) is 0 Å². The van der Waals surface area contributed by atoms with Crippen LogP contribution in [0.3, 0.4) is 0 Å². The Morgan fingerprint density at radius 1 is 1.19 bits per heavy atom. The summed E-state index contributed by atoms with van der Waals surface area (Å²) in [6.45, 7) is 7.67. The molecule has 0 saturated carbocycles. The first kappa shape index (κ1) is 16.3. The van der Waals surface area contributed by atoms with Gasteiger partial charge in [0.25, 0.3) is 0 Å². The van der Waals surface area contributed by atoms with Gasteiger partial charge in [-0.1, -0.05) is 18.2 Å². The van der Waals surface area contributed by atoms with Crippen molar-refractivity contribution < 1.29 is 17.9 Å². The van der Waals surface area contributed by atoms with Gasteiger partial charge in [0, 0.05) is 12.0 Å². The third-order valence-corrected chi connectivity index (χ3v) is 4.20. The lowest BCUT2D eigenvalue weighted by Gasteiger charge is -2.32. The molecule has 0 bridgehead atoms. The molecule has 0 aliphatic carbocycles. The Hall–Kier alpha value is -1.07. The molecule has 1 aliphatic heterocycles. The van der Waals surface area contributed by atoms with E-state index in [4.69, 9.17) is 10.5 Å². The van der Waals surface area contributed by atoms with Gasteiger partial charge in [0.2, 0.25) is 0 Å². The Morgan fingerprint density at radius 3 is 2.24 bits per heavy atom.